The van der Waals surface area contributed by atoms with Crippen LogP contribution < -0.4 is 5.32 Å². The highest BCUT2D eigenvalue weighted by molar-refractivity contribution is 7.47. The third-order valence-corrected chi connectivity index (χ3v) is 16.5. The molecule has 0 aromatic heterocycles. The summed E-state index contributed by atoms with van der Waals surface area (Å²) >= 11 is 0. The van der Waals surface area contributed by atoms with Gasteiger partial charge in [-0.3, -0.25) is 13.8 Å². The van der Waals surface area contributed by atoms with Crippen LogP contribution in [-0.2, 0) is 18.4 Å². The number of nitrogens with zero attached hydrogens (tertiary/aromatic N) is 1. The van der Waals surface area contributed by atoms with Crippen molar-refractivity contribution in [2.75, 3.05) is 40.9 Å². The number of carbonyl (C=O) groups is 1. The van der Waals surface area contributed by atoms with Crippen LogP contribution in [0.15, 0.2) is 97.2 Å². The smallest absolute Gasteiger partial charge is 0.387 e. The first kappa shape index (κ1) is 80.4. The fourth-order valence-corrected chi connectivity index (χ4v) is 10.9. The number of aliphatic hydroxyl groups is 1. The maximum absolute atomic E-state index is 13.0. The molecule has 83 heavy (non-hydrogen) atoms. The molecule has 0 aliphatic carbocycles. The largest absolute Gasteiger partial charge is 0.472 e. The Labute approximate surface area is 515 Å². The molecule has 0 aliphatic rings. The molecular weight excluding hydrogens is 1040 g/mol. The van der Waals surface area contributed by atoms with Crippen LogP contribution in [0.5, 0.6) is 0 Å². The molecule has 0 saturated carbocycles. The van der Waals surface area contributed by atoms with Crippen LogP contribution in [0, 0.1) is 0 Å². The van der Waals surface area contributed by atoms with Gasteiger partial charge in [0.05, 0.1) is 39.9 Å². The van der Waals surface area contributed by atoms with Crippen LogP contribution in [0.1, 0.15) is 316 Å². The van der Waals surface area contributed by atoms with Crippen molar-refractivity contribution in [2.45, 2.75) is 328 Å². The molecule has 3 unspecified atom stereocenters. The maximum Gasteiger partial charge on any atom is 0.472 e. The zero-order chi connectivity index (χ0) is 60.5. The van der Waals surface area contributed by atoms with Crippen molar-refractivity contribution >= 4 is 13.7 Å². The van der Waals surface area contributed by atoms with Gasteiger partial charge in [-0.2, -0.15) is 0 Å². The van der Waals surface area contributed by atoms with Crippen LogP contribution in [0.4, 0.5) is 0 Å². The molecule has 0 aromatic carbocycles. The zero-order valence-electron chi connectivity index (χ0n) is 55.2. The Hall–Kier alpha value is -2.58. The third kappa shape index (κ3) is 66.8. The quantitative estimate of drug-likeness (QED) is 0.0243. The molecule has 0 rings (SSSR count). The van der Waals surface area contributed by atoms with E-state index in [1.54, 1.807) is 6.08 Å². The molecule has 0 aliphatic heterocycles. The van der Waals surface area contributed by atoms with Crippen molar-refractivity contribution in [1.29, 1.82) is 0 Å². The lowest BCUT2D eigenvalue weighted by Gasteiger charge is -2.25. The summed E-state index contributed by atoms with van der Waals surface area (Å²) in [5.74, 6) is -0.188. The highest BCUT2D eigenvalue weighted by Gasteiger charge is 2.28. The number of phosphoric ester groups is 1. The Morgan fingerprint density at radius 1 is 0.422 bits per heavy atom. The van der Waals surface area contributed by atoms with Gasteiger partial charge in [0.15, 0.2) is 0 Å². The monoisotopic (exact) mass is 1180 g/mol. The number of unbranched alkanes of at least 4 members (excludes halogenated alkanes) is 37. The van der Waals surface area contributed by atoms with E-state index in [9.17, 15) is 19.4 Å². The Balaban J connectivity index is 4.13. The first-order valence-electron chi connectivity index (χ1n) is 35.1. The van der Waals surface area contributed by atoms with Gasteiger partial charge in [0.2, 0.25) is 5.91 Å². The maximum atomic E-state index is 13.0. The molecule has 0 saturated heterocycles. The first-order valence-corrected chi connectivity index (χ1v) is 36.6. The van der Waals surface area contributed by atoms with Gasteiger partial charge in [-0.1, -0.05) is 329 Å². The molecule has 3 N–H and O–H groups in total. The van der Waals surface area contributed by atoms with Gasteiger partial charge < -0.3 is 19.8 Å². The van der Waals surface area contributed by atoms with E-state index in [1.165, 1.54) is 199 Å². The van der Waals surface area contributed by atoms with Gasteiger partial charge in [-0.15, -0.1) is 0 Å². The number of phosphoric acid groups is 1. The van der Waals surface area contributed by atoms with Gasteiger partial charge >= 0.3 is 7.82 Å². The van der Waals surface area contributed by atoms with E-state index in [2.05, 4.69) is 104 Å². The van der Waals surface area contributed by atoms with E-state index in [-0.39, 0.29) is 19.1 Å². The number of hydrogen-bond acceptors (Lipinski definition) is 5. The second kappa shape index (κ2) is 63.9. The Morgan fingerprint density at radius 2 is 0.723 bits per heavy atom. The molecule has 8 nitrogen and oxygen atoms in total. The number of hydrogen-bond donors (Lipinski definition) is 3. The van der Waals surface area contributed by atoms with Gasteiger partial charge in [0.25, 0.3) is 0 Å². The summed E-state index contributed by atoms with van der Waals surface area (Å²) in [5, 5.41) is 14.0. The Morgan fingerprint density at radius 3 is 1.06 bits per heavy atom. The average Bonchev–Trinajstić information content (AvgIpc) is 3.50. The molecule has 0 heterocycles. The average molecular weight is 1180 g/mol. The summed E-state index contributed by atoms with van der Waals surface area (Å²) in [4.78, 5) is 23.4. The van der Waals surface area contributed by atoms with Gasteiger partial charge in [-0.25, -0.2) is 4.57 Å². The van der Waals surface area contributed by atoms with Crippen LogP contribution in [0.2, 0.25) is 0 Å². The summed E-state index contributed by atoms with van der Waals surface area (Å²) in [5.41, 5.74) is 0. The van der Waals surface area contributed by atoms with E-state index in [0.717, 1.165) is 96.3 Å². The minimum atomic E-state index is -4.36. The fraction of sp³-hybridized carbons (Fsp3) is 0.770. The van der Waals surface area contributed by atoms with Gasteiger partial charge in [0, 0.05) is 6.42 Å². The fourth-order valence-electron chi connectivity index (χ4n) is 10.1. The Kier molecular flexibility index (Phi) is 61.9. The summed E-state index contributed by atoms with van der Waals surface area (Å²) in [6, 6.07) is -0.862. The molecule has 0 fully saturated rings. The molecular formula is C74H136N2O6P+. The molecule has 3 atom stereocenters. The number of carbonyl (C=O) groups excluding carboxylic acids is 1. The number of aliphatic hydroxyl groups excluding tert-OH is 1. The van der Waals surface area contributed by atoms with Crippen molar-refractivity contribution in [3.63, 3.8) is 0 Å². The molecule has 0 aromatic rings. The normalized spacial score (nSPS) is 14.3. The van der Waals surface area contributed by atoms with Crippen molar-refractivity contribution in [1.82, 2.24) is 5.32 Å². The minimum Gasteiger partial charge on any atom is -0.387 e. The molecule has 0 bridgehead atoms. The standard InChI is InChI=1S/C74H135N2O6P/c1-6-8-10-12-14-16-18-20-22-24-26-28-30-32-34-36-37-38-40-41-43-45-47-49-51-53-55-57-59-61-63-65-67-73(77)72(71-82-83(79,80)81-70-69-76(3,4)5)75-74(78)68-66-64-62-60-58-56-54-52-50-48-46-44-42-39-35-33-31-29-27-25-23-21-19-17-15-13-11-9-7-2/h9,11,15,17,21,23,27,29,33,35,42,44,48,50,65,67,72-73,77H,6-8,10,12-14,16,18-20,22,24-26,28,30-32,34,36-41,43,45-47,49,51-64,66,68-71H2,1-5H3,(H-,75,78,79,80)/p+1/b11-9-,17-15-,23-21-,29-27-,35-33-,44-42-,50-48-,67-65+. The minimum absolute atomic E-state index is 0.0548. The predicted octanol–water partition coefficient (Wildman–Crippen LogP) is 22.5. The number of allylic oxidation sites excluding steroid dienone is 15. The summed E-state index contributed by atoms with van der Waals surface area (Å²) in [6.45, 7) is 4.72. The number of likely N-dealkylation sites (N-methyl/N-ethyl adjacent to an activating group) is 1. The molecule has 9 heteroatoms. The highest BCUT2D eigenvalue weighted by atomic mass is 31.2. The molecule has 0 spiro atoms. The number of quaternary nitrogens is 1. The van der Waals surface area contributed by atoms with Crippen LogP contribution in [-0.4, -0.2) is 73.4 Å². The zero-order valence-corrected chi connectivity index (χ0v) is 56.1. The number of rotatable bonds is 64. The van der Waals surface area contributed by atoms with Crippen LogP contribution in [0.25, 0.3) is 0 Å². The van der Waals surface area contributed by atoms with Crippen molar-refractivity contribution in [2.24, 2.45) is 0 Å². The lowest BCUT2D eigenvalue weighted by atomic mass is 10.0. The van der Waals surface area contributed by atoms with E-state index < -0.39 is 20.0 Å². The molecule has 1 amide bonds. The van der Waals surface area contributed by atoms with E-state index in [1.807, 2.05) is 27.2 Å². The van der Waals surface area contributed by atoms with Gasteiger partial charge in [0.1, 0.15) is 13.2 Å². The molecule has 482 valence electrons. The lowest BCUT2D eigenvalue weighted by molar-refractivity contribution is -0.870. The lowest BCUT2D eigenvalue weighted by Crippen LogP contribution is -2.45. The van der Waals surface area contributed by atoms with Crippen LogP contribution in [0.3, 0.4) is 0 Å². The van der Waals surface area contributed by atoms with E-state index >= 15 is 0 Å². The topological polar surface area (TPSA) is 105 Å². The molecule has 0 radical (unpaired) electrons. The van der Waals surface area contributed by atoms with Gasteiger partial charge in [-0.05, 0) is 77.0 Å². The SMILES string of the molecule is CC/C=C\C/C=C\C/C=C\C/C=C\C/C=C\C/C=C\C/C=C\CCCCCCCCCC(=O)NC(COP(=O)(O)OCC[N+](C)(C)C)C(O)/C=C/CCCCCCCCCCCCCCCCCCCCCCCCCCCCCCCC. The second-order valence-corrected chi connectivity index (χ2v) is 26.3. The van der Waals surface area contributed by atoms with Crippen molar-refractivity contribution in [3.8, 4) is 0 Å². The first-order chi connectivity index (χ1) is 40.5. The number of nitrogens with one attached hydrogen (secondary N) is 1. The summed E-state index contributed by atoms with van der Waals surface area (Å²) in [7, 11) is 1.56. The van der Waals surface area contributed by atoms with Crippen molar-refractivity contribution in [3.05, 3.63) is 97.2 Å². The van der Waals surface area contributed by atoms with Crippen LogP contribution >= 0.6 is 7.82 Å². The van der Waals surface area contributed by atoms with E-state index in [0.29, 0.717) is 17.4 Å². The second-order valence-electron chi connectivity index (χ2n) is 24.9. The van der Waals surface area contributed by atoms with Crippen molar-refractivity contribution < 1.29 is 32.9 Å². The predicted molar refractivity (Wildman–Crippen MR) is 364 cm³/mol. The number of amides is 1. The summed E-state index contributed by atoms with van der Waals surface area (Å²) in [6.07, 6.45) is 92.7. The highest BCUT2D eigenvalue weighted by Crippen LogP contribution is 2.43. The Bertz CT molecular complexity index is 1670. The summed E-state index contributed by atoms with van der Waals surface area (Å²) < 4.78 is 23.8. The van der Waals surface area contributed by atoms with E-state index in [4.69, 9.17) is 9.05 Å². The third-order valence-electron chi connectivity index (χ3n) is 15.6.